The summed E-state index contributed by atoms with van der Waals surface area (Å²) >= 11 is 0. The SMILES string of the molecule is NCCOc1ccc2nc(-c3ccccc3)oc2c1. The van der Waals surface area contributed by atoms with E-state index in [0.29, 0.717) is 24.6 Å². The van der Waals surface area contributed by atoms with Crippen LogP contribution in [0.5, 0.6) is 5.75 Å². The Hall–Kier alpha value is -2.33. The van der Waals surface area contributed by atoms with E-state index in [1.165, 1.54) is 0 Å². The van der Waals surface area contributed by atoms with Crippen LogP contribution in [0.1, 0.15) is 0 Å². The Kier molecular flexibility index (Phi) is 3.16. The Labute approximate surface area is 110 Å². The van der Waals surface area contributed by atoms with Crippen molar-refractivity contribution in [1.82, 2.24) is 4.98 Å². The number of nitrogens with two attached hydrogens (primary N) is 1. The normalized spacial score (nSPS) is 10.8. The molecule has 0 amide bonds. The van der Waals surface area contributed by atoms with Crippen molar-refractivity contribution in [3.05, 3.63) is 48.5 Å². The third-order valence-corrected chi connectivity index (χ3v) is 2.77. The van der Waals surface area contributed by atoms with Gasteiger partial charge in [0.2, 0.25) is 5.89 Å². The highest BCUT2D eigenvalue weighted by Gasteiger charge is 2.08. The Morgan fingerprint density at radius 1 is 1.11 bits per heavy atom. The number of fused-ring (bicyclic) bond motifs is 1. The van der Waals surface area contributed by atoms with Gasteiger partial charge in [0.05, 0.1) is 0 Å². The number of hydrogen-bond donors (Lipinski definition) is 1. The first-order chi connectivity index (χ1) is 9.36. The maximum absolute atomic E-state index is 5.75. The summed E-state index contributed by atoms with van der Waals surface area (Å²) in [5.41, 5.74) is 7.90. The summed E-state index contributed by atoms with van der Waals surface area (Å²) in [5, 5.41) is 0. The number of aromatic nitrogens is 1. The molecule has 0 saturated carbocycles. The van der Waals surface area contributed by atoms with E-state index >= 15 is 0 Å². The molecule has 4 nitrogen and oxygen atoms in total. The van der Waals surface area contributed by atoms with Gasteiger partial charge in [-0.3, -0.25) is 0 Å². The third kappa shape index (κ3) is 2.44. The van der Waals surface area contributed by atoms with E-state index < -0.39 is 0 Å². The molecule has 0 aliphatic rings. The molecule has 0 spiro atoms. The summed E-state index contributed by atoms with van der Waals surface area (Å²) in [7, 11) is 0. The van der Waals surface area contributed by atoms with Crippen LogP contribution in [0.3, 0.4) is 0 Å². The highest BCUT2D eigenvalue weighted by atomic mass is 16.5. The van der Waals surface area contributed by atoms with Crippen LogP contribution in [0.25, 0.3) is 22.6 Å². The molecular weight excluding hydrogens is 240 g/mol. The van der Waals surface area contributed by atoms with E-state index in [0.717, 1.165) is 16.8 Å². The van der Waals surface area contributed by atoms with Crippen molar-refractivity contribution in [2.24, 2.45) is 5.73 Å². The van der Waals surface area contributed by atoms with Crippen LogP contribution in [0, 0.1) is 0 Å². The Balaban J connectivity index is 1.97. The van der Waals surface area contributed by atoms with Gasteiger partial charge in [-0.05, 0) is 24.3 Å². The van der Waals surface area contributed by atoms with Gasteiger partial charge in [0.25, 0.3) is 0 Å². The predicted molar refractivity (Wildman–Crippen MR) is 74.0 cm³/mol. The molecule has 96 valence electrons. The van der Waals surface area contributed by atoms with Gasteiger partial charge in [-0.15, -0.1) is 0 Å². The number of rotatable bonds is 4. The van der Waals surface area contributed by atoms with Crippen LogP contribution in [0.4, 0.5) is 0 Å². The first kappa shape index (κ1) is 11.7. The summed E-state index contributed by atoms with van der Waals surface area (Å²) < 4.78 is 11.2. The van der Waals surface area contributed by atoms with E-state index in [1.807, 2.05) is 48.5 Å². The van der Waals surface area contributed by atoms with Crippen LogP contribution in [-0.4, -0.2) is 18.1 Å². The van der Waals surface area contributed by atoms with Crippen LogP contribution in [-0.2, 0) is 0 Å². The van der Waals surface area contributed by atoms with Crippen LogP contribution in [0.2, 0.25) is 0 Å². The molecule has 3 rings (SSSR count). The van der Waals surface area contributed by atoms with Crippen LogP contribution >= 0.6 is 0 Å². The first-order valence-electron chi connectivity index (χ1n) is 6.16. The molecule has 0 aliphatic carbocycles. The molecule has 0 fully saturated rings. The second-order valence-electron chi connectivity index (χ2n) is 4.15. The molecule has 0 aliphatic heterocycles. The molecular formula is C15H14N2O2. The van der Waals surface area contributed by atoms with E-state index in [2.05, 4.69) is 4.98 Å². The second-order valence-corrected chi connectivity index (χ2v) is 4.15. The minimum atomic E-state index is 0.490. The molecule has 0 unspecified atom stereocenters. The fourth-order valence-electron chi connectivity index (χ4n) is 1.88. The van der Waals surface area contributed by atoms with Crippen molar-refractivity contribution >= 4 is 11.1 Å². The maximum Gasteiger partial charge on any atom is 0.227 e. The minimum Gasteiger partial charge on any atom is -0.492 e. The summed E-state index contributed by atoms with van der Waals surface area (Å²) in [6.07, 6.45) is 0. The van der Waals surface area contributed by atoms with Crippen LogP contribution in [0.15, 0.2) is 52.9 Å². The van der Waals surface area contributed by atoms with Gasteiger partial charge in [-0.25, -0.2) is 4.98 Å². The number of nitrogens with zero attached hydrogens (tertiary/aromatic N) is 1. The van der Waals surface area contributed by atoms with Gasteiger partial charge in [0.1, 0.15) is 17.9 Å². The smallest absolute Gasteiger partial charge is 0.227 e. The molecule has 0 radical (unpaired) electrons. The van der Waals surface area contributed by atoms with E-state index in [-0.39, 0.29) is 0 Å². The number of benzene rings is 2. The van der Waals surface area contributed by atoms with Crippen LogP contribution < -0.4 is 10.5 Å². The topological polar surface area (TPSA) is 61.3 Å². The van der Waals surface area contributed by atoms with E-state index in [9.17, 15) is 0 Å². The summed E-state index contributed by atoms with van der Waals surface area (Å²) in [4.78, 5) is 4.46. The molecule has 3 aromatic rings. The molecule has 19 heavy (non-hydrogen) atoms. The highest BCUT2D eigenvalue weighted by Crippen LogP contribution is 2.26. The zero-order chi connectivity index (χ0) is 13.1. The molecule has 1 aromatic heterocycles. The minimum absolute atomic E-state index is 0.490. The average Bonchev–Trinajstić information content (AvgIpc) is 2.89. The molecule has 2 N–H and O–H groups in total. The molecule has 2 aromatic carbocycles. The quantitative estimate of drug-likeness (QED) is 0.777. The van der Waals surface area contributed by atoms with Crippen molar-refractivity contribution in [2.45, 2.75) is 0 Å². The largest absolute Gasteiger partial charge is 0.492 e. The Morgan fingerprint density at radius 3 is 2.74 bits per heavy atom. The van der Waals surface area contributed by atoms with Gasteiger partial charge < -0.3 is 14.9 Å². The summed E-state index contributed by atoms with van der Waals surface area (Å²) in [5.74, 6) is 1.36. The lowest BCUT2D eigenvalue weighted by molar-refractivity contribution is 0.328. The van der Waals surface area contributed by atoms with Crippen molar-refractivity contribution in [3.8, 4) is 17.2 Å². The van der Waals surface area contributed by atoms with E-state index in [4.69, 9.17) is 14.9 Å². The maximum atomic E-state index is 5.75. The fourth-order valence-corrected chi connectivity index (χ4v) is 1.88. The zero-order valence-electron chi connectivity index (χ0n) is 10.4. The number of hydrogen-bond acceptors (Lipinski definition) is 4. The fraction of sp³-hybridized carbons (Fsp3) is 0.133. The number of ether oxygens (including phenoxy) is 1. The molecule has 0 bridgehead atoms. The lowest BCUT2D eigenvalue weighted by atomic mass is 10.2. The van der Waals surface area contributed by atoms with E-state index in [1.54, 1.807) is 0 Å². The summed E-state index contributed by atoms with van der Waals surface area (Å²) in [6.45, 7) is 0.981. The van der Waals surface area contributed by atoms with Gasteiger partial charge in [-0.2, -0.15) is 0 Å². The lowest BCUT2D eigenvalue weighted by Crippen LogP contribution is -2.10. The second kappa shape index (κ2) is 5.12. The van der Waals surface area contributed by atoms with Gasteiger partial charge >= 0.3 is 0 Å². The van der Waals surface area contributed by atoms with Gasteiger partial charge in [0, 0.05) is 18.2 Å². The lowest BCUT2D eigenvalue weighted by Gasteiger charge is -2.02. The monoisotopic (exact) mass is 254 g/mol. The summed E-state index contributed by atoms with van der Waals surface area (Å²) in [6, 6.07) is 15.4. The molecule has 4 heteroatoms. The molecule has 0 saturated heterocycles. The first-order valence-corrected chi connectivity index (χ1v) is 6.16. The Bertz CT molecular complexity index is 677. The van der Waals surface area contributed by atoms with Crippen molar-refractivity contribution < 1.29 is 9.15 Å². The van der Waals surface area contributed by atoms with Crippen molar-refractivity contribution in [3.63, 3.8) is 0 Å². The van der Waals surface area contributed by atoms with Gasteiger partial charge in [0.15, 0.2) is 5.58 Å². The predicted octanol–water partition coefficient (Wildman–Crippen LogP) is 2.83. The number of oxazole rings is 1. The third-order valence-electron chi connectivity index (χ3n) is 2.77. The van der Waals surface area contributed by atoms with Crippen molar-refractivity contribution in [1.29, 1.82) is 0 Å². The Morgan fingerprint density at radius 2 is 1.95 bits per heavy atom. The molecule has 0 atom stereocenters. The molecule has 1 heterocycles. The van der Waals surface area contributed by atoms with Crippen molar-refractivity contribution in [2.75, 3.05) is 13.2 Å². The van der Waals surface area contributed by atoms with Gasteiger partial charge in [-0.1, -0.05) is 18.2 Å². The average molecular weight is 254 g/mol. The highest BCUT2D eigenvalue weighted by molar-refractivity contribution is 5.77. The zero-order valence-corrected chi connectivity index (χ0v) is 10.4. The standard InChI is InChI=1S/C15H14N2O2/c16-8-9-18-12-6-7-13-14(10-12)19-15(17-13)11-4-2-1-3-5-11/h1-7,10H,8-9,16H2.